The van der Waals surface area contributed by atoms with Crippen molar-refractivity contribution >= 4 is 0 Å². The Labute approximate surface area is 80.9 Å². The zero-order chi connectivity index (χ0) is 9.57. The maximum atomic E-state index is 9.14. The van der Waals surface area contributed by atoms with Gasteiger partial charge in [-0.25, -0.2) is 0 Å². The second-order valence-electron chi connectivity index (χ2n) is 3.96. The summed E-state index contributed by atoms with van der Waals surface area (Å²) >= 11 is 0. The molecule has 0 saturated carbocycles. The molecular formula is C11H19NO. The van der Waals surface area contributed by atoms with Crippen LogP contribution in [-0.2, 0) is 4.74 Å². The summed E-state index contributed by atoms with van der Waals surface area (Å²) in [5.41, 5.74) is -0.0482. The molecule has 1 aliphatic heterocycles. The molecular weight excluding hydrogens is 162 g/mol. The molecule has 0 spiro atoms. The van der Waals surface area contributed by atoms with Crippen molar-refractivity contribution in [3.63, 3.8) is 0 Å². The Kier molecular flexibility index (Phi) is 4.24. The van der Waals surface area contributed by atoms with E-state index in [0.717, 1.165) is 32.5 Å². The summed E-state index contributed by atoms with van der Waals surface area (Å²) in [6, 6.07) is 2.50. The topological polar surface area (TPSA) is 33.0 Å². The van der Waals surface area contributed by atoms with Crippen LogP contribution in [0.3, 0.4) is 0 Å². The van der Waals surface area contributed by atoms with Gasteiger partial charge in [0, 0.05) is 13.2 Å². The molecule has 0 aromatic heterocycles. The SMILES string of the molecule is CCCCCC1(C#N)CCOCC1. The minimum atomic E-state index is -0.0482. The molecule has 1 heterocycles. The Hall–Kier alpha value is -0.550. The number of unbranched alkanes of at least 4 members (excludes halogenated alkanes) is 2. The van der Waals surface area contributed by atoms with Crippen LogP contribution in [-0.4, -0.2) is 13.2 Å². The molecule has 1 rings (SSSR count). The van der Waals surface area contributed by atoms with Gasteiger partial charge in [-0.1, -0.05) is 26.2 Å². The largest absolute Gasteiger partial charge is 0.381 e. The van der Waals surface area contributed by atoms with Gasteiger partial charge in [-0.15, -0.1) is 0 Å². The molecule has 74 valence electrons. The average Bonchev–Trinajstić information content (AvgIpc) is 2.20. The van der Waals surface area contributed by atoms with E-state index < -0.39 is 0 Å². The number of ether oxygens (including phenoxy) is 1. The summed E-state index contributed by atoms with van der Waals surface area (Å²) in [5, 5.41) is 9.14. The van der Waals surface area contributed by atoms with Crippen LogP contribution < -0.4 is 0 Å². The van der Waals surface area contributed by atoms with E-state index in [9.17, 15) is 0 Å². The van der Waals surface area contributed by atoms with Crippen LogP contribution in [0.1, 0.15) is 45.4 Å². The summed E-state index contributed by atoms with van der Waals surface area (Å²) in [5.74, 6) is 0. The third kappa shape index (κ3) is 3.00. The molecule has 1 fully saturated rings. The quantitative estimate of drug-likeness (QED) is 0.625. The number of hydrogen-bond acceptors (Lipinski definition) is 2. The molecule has 0 aromatic rings. The first-order chi connectivity index (χ1) is 6.33. The van der Waals surface area contributed by atoms with Crippen LogP contribution in [0.5, 0.6) is 0 Å². The Morgan fingerprint density at radius 3 is 2.54 bits per heavy atom. The third-order valence-electron chi connectivity index (χ3n) is 2.95. The van der Waals surface area contributed by atoms with Gasteiger partial charge in [-0.05, 0) is 19.3 Å². The minimum Gasteiger partial charge on any atom is -0.381 e. The van der Waals surface area contributed by atoms with Gasteiger partial charge in [0.1, 0.15) is 0 Å². The van der Waals surface area contributed by atoms with Crippen molar-refractivity contribution in [2.45, 2.75) is 45.4 Å². The zero-order valence-electron chi connectivity index (χ0n) is 8.51. The van der Waals surface area contributed by atoms with Crippen molar-refractivity contribution in [2.24, 2.45) is 5.41 Å². The fraction of sp³-hybridized carbons (Fsp3) is 0.909. The number of nitriles is 1. The van der Waals surface area contributed by atoms with E-state index in [0.29, 0.717) is 0 Å². The standard InChI is InChI=1S/C11H19NO/c1-2-3-4-5-11(10-12)6-8-13-9-7-11/h2-9H2,1H3. The fourth-order valence-electron chi connectivity index (χ4n) is 1.89. The molecule has 1 saturated heterocycles. The summed E-state index contributed by atoms with van der Waals surface area (Å²) in [6.45, 7) is 3.75. The summed E-state index contributed by atoms with van der Waals surface area (Å²) in [4.78, 5) is 0. The highest BCUT2D eigenvalue weighted by Crippen LogP contribution is 2.34. The molecule has 2 heteroatoms. The summed E-state index contributed by atoms with van der Waals surface area (Å²) < 4.78 is 5.28. The summed E-state index contributed by atoms with van der Waals surface area (Å²) in [7, 11) is 0. The van der Waals surface area contributed by atoms with E-state index in [1.165, 1.54) is 19.3 Å². The fourth-order valence-corrected chi connectivity index (χ4v) is 1.89. The van der Waals surface area contributed by atoms with Crippen molar-refractivity contribution in [3.05, 3.63) is 0 Å². The molecule has 0 aliphatic carbocycles. The van der Waals surface area contributed by atoms with Gasteiger partial charge in [0.25, 0.3) is 0 Å². The molecule has 0 radical (unpaired) electrons. The number of rotatable bonds is 4. The minimum absolute atomic E-state index is 0.0482. The number of hydrogen-bond donors (Lipinski definition) is 0. The Morgan fingerprint density at radius 1 is 1.31 bits per heavy atom. The smallest absolute Gasteiger partial charge is 0.0691 e. The van der Waals surface area contributed by atoms with Gasteiger partial charge in [0.15, 0.2) is 0 Å². The predicted octanol–water partition coefficient (Wildman–Crippen LogP) is 2.89. The van der Waals surface area contributed by atoms with E-state index in [1.54, 1.807) is 0 Å². The molecule has 0 atom stereocenters. The maximum Gasteiger partial charge on any atom is 0.0691 e. The molecule has 13 heavy (non-hydrogen) atoms. The molecule has 0 bridgehead atoms. The van der Waals surface area contributed by atoms with E-state index in [2.05, 4.69) is 13.0 Å². The van der Waals surface area contributed by atoms with Crippen molar-refractivity contribution in [2.75, 3.05) is 13.2 Å². The highest BCUT2D eigenvalue weighted by Gasteiger charge is 2.31. The lowest BCUT2D eigenvalue weighted by molar-refractivity contribution is 0.0359. The second kappa shape index (κ2) is 5.24. The van der Waals surface area contributed by atoms with E-state index in [4.69, 9.17) is 10.00 Å². The van der Waals surface area contributed by atoms with Gasteiger partial charge < -0.3 is 4.74 Å². The molecule has 0 N–H and O–H groups in total. The summed E-state index contributed by atoms with van der Waals surface area (Å²) in [6.07, 6.45) is 6.63. The van der Waals surface area contributed by atoms with Crippen LogP contribution in [0.4, 0.5) is 0 Å². The van der Waals surface area contributed by atoms with Crippen LogP contribution in [0.2, 0.25) is 0 Å². The number of nitrogens with zero attached hydrogens (tertiary/aromatic N) is 1. The first kappa shape index (κ1) is 10.5. The van der Waals surface area contributed by atoms with Crippen molar-refractivity contribution in [1.29, 1.82) is 5.26 Å². The highest BCUT2D eigenvalue weighted by molar-refractivity contribution is 4.99. The Balaban J connectivity index is 2.35. The van der Waals surface area contributed by atoms with Gasteiger partial charge >= 0.3 is 0 Å². The van der Waals surface area contributed by atoms with Crippen molar-refractivity contribution in [1.82, 2.24) is 0 Å². The first-order valence-corrected chi connectivity index (χ1v) is 5.32. The molecule has 2 nitrogen and oxygen atoms in total. The monoisotopic (exact) mass is 181 g/mol. The van der Waals surface area contributed by atoms with Gasteiger partial charge in [-0.3, -0.25) is 0 Å². The van der Waals surface area contributed by atoms with Crippen LogP contribution in [0.15, 0.2) is 0 Å². The lowest BCUT2D eigenvalue weighted by atomic mass is 9.77. The third-order valence-corrected chi connectivity index (χ3v) is 2.95. The Bertz CT molecular complexity index is 177. The van der Waals surface area contributed by atoms with Crippen LogP contribution in [0, 0.1) is 16.7 Å². The van der Waals surface area contributed by atoms with Gasteiger partial charge in [0.2, 0.25) is 0 Å². The normalized spacial score (nSPS) is 20.9. The van der Waals surface area contributed by atoms with Crippen molar-refractivity contribution < 1.29 is 4.74 Å². The average molecular weight is 181 g/mol. The molecule has 0 amide bonds. The first-order valence-electron chi connectivity index (χ1n) is 5.32. The van der Waals surface area contributed by atoms with Gasteiger partial charge in [0.05, 0.1) is 11.5 Å². The van der Waals surface area contributed by atoms with E-state index >= 15 is 0 Å². The van der Waals surface area contributed by atoms with Crippen LogP contribution >= 0.6 is 0 Å². The molecule has 0 unspecified atom stereocenters. The van der Waals surface area contributed by atoms with Gasteiger partial charge in [-0.2, -0.15) is 5.26 Å². The lowest BCUT2D eigenvalue weighted by Gasteiger charge is -2.30. The highest BCUT2D eigenvalue weighted by atomic mass is 16.5. The zero-order valence-corrected chi connectivity index (χ0v) is 8.51. The van der Waals surface area contributed by atoms with E-state index in [-0.39, 0.29) is 5.41 Å². The van der Waals surface area contributed by atoms with E-state index in [1.807, 2.05) is 0 Å². The van der Waals surface area contributed by atoms with Crippen molar-refractivity contribution in [3.8, 4) is 6.07 Å². The predicted molar refractivity (Wildman–Crippen MR) is 52.2 cm³/mol. The molecule has 1 aliphatic rings. The maximum absolute atomic E-state index is 9.14. The Morgan fingerprint density at radius 2 is 2.00 bits per heavy atom. The molecule has 0 aromatic carbocycles. The lowest BCUT2D eigenvalue weighted by Crippen LogP contribution is -2.27. The second-order valence-corrected chi connectivity index (χ2v) is 3.96. The van der Waals surface area contributed by atoms with Crippen LogP contribution in [0.25, 0.3) is 0 Å².